The quantitative estimate of drug-likeness (QED) is 0.699. The number of carbonyl (C=O) groups is 1. The third-order valence-corrected chi connectivity index (χ3v) is 5.15. The highest BCUT2D eigenvalue weighted by atomic mass is 32.2. The fourth-order valence-corrected chi connectivity index (χ4v) is 3.62. The SMILES string of the molecule is Cc1ccc(Sc2ncccc2C(=O)Nc2ccnn2C(C)C)c(C)c1. The number of pyridine rings is 1. The first-order valence-corrected chi connectivity index (χ1v) is 9.32. The fraction of sp³-hybridized carbons (Fsp3) is 0.250. The van der Waals surface area contributed by atoms with Gasteiger partial charge in [0.2, 0.25) is 0 Å². The number of nitrogens with zero attached hydrogens (tertiary/aromatic N) is 3. The van der Waals surface area contributed by atoms with Gasteiger partial charge in [0.1, 0.15) is 10.8 Å². The molecule has 0 spiro atoms. The van der Waals surface area contributed by atoms with Crippen LogP contribution in [0.5, 0.6) is 0 Å². The molecule has 0 atom stereocenters. The topological polar surface area (TPSA) is 59.8 Å². The van der Waals surface area contributed by atoms with E-state index in [1.807, 2.05) is 13.8 Å². The van der Waals surface area contributed by atoms with Crippen LogP contribution in [0.25, 0.3) is 0 Å². The average molecular weight is 366 g/mol. The van der Waals surface area contributed by atoms with E-state index in [0.29, 0.717) is 16.4 Å². The number of hydrogen-bond donors (Lipinski definition) is 1. The number of hydrogen-bond acceptors (Lipinski definition) is 4. The molecule has 134 valence electrons. The molecule has 1 amide bonds. The lowest BCUT2D eigenvalue weighted by Gasteiger charge is -2.13. The first-order chi connectivity index (χ1) is 12.5. The number of benzene rings is 1. The summed E-state index contributed by atoms with van der Waals surface area (Å²) in [4.78, 5) is 18.3. The molecule has 0 saturated heterocycles. The molecule has 0 aliphatic carbocycles. The lowest BCUT2D eigenvalue weighted by molar-refractivity contribution is 0.102. The maximum Gasteiger partial charge on any atom is 0.259 e. The largest absolute Gasteiger partial charge is 0.307 e. The summed E-state index contributed by atoms with van der Waals surface area (Å²) in [6.07, 6.45) is 3.39. The standard InChI is InChI=1S/C20H22N4OS/c1-13(2)24-18(9-11-22-24)23-19(25)16-6-5-10-21-20(16)26-17-8-7-14(3)12-15(17)4/h5-13H,1-4H3,(H,23,25). The lowest BCUT2D eigenvalue weighted by Crippen LogP contribution is -2.17. The molecule has 0 radical (unpaired) electrons. The fourth-order valence-electron chi connectivity index (χ4n) is 2.67. The third kappa shape index (κ3) is 3.96. The maximum absolute atomic E-state index is 12.8. The lowest BCUT2D eigenvalue weighted by atomic mass is 10.2. The van der Waals surface area contributed by atoms with Gasteiger partial charge in [0.25, 0.3) is 5.91 Å². The van der Waals surface area contributed by atoms with Crippen molar-refractivity contribution >= 4 is 23.5 Å². The Morgan fingerprint density at radius 3 is 2.69 bits per heavy atom. The van der Waals surface area contributed by atoms with Gasteiger partial charge < -0.3 is 5.32 Å². The van der Waals surface area contributed by atoms with Crippen molar-refractivity contribution in [2.45, 2.75) is 43.7 Å². The summed E-state index contributed by atoms with van der Waals surface area (Å²) in [5.74, 6) is 0.490. The summed E-state index contributed by atoms with van der Waals surface area (Å²) in [6, 6.07) is 11.8. The Balaban J connectivity index is 1.86. The van der Waals surface area contributed by atoms with Gasteiger partial charge in [-0.15, -0.1) is 0 Å². The first-order valence-electron chi connectivity index (χ1n) is 8.50. The second kappa shape index (κ2) is 7.74. The van der Waals surface area contributed by atoms with E-state index >= 15 is 0 Å². The van der Waals surface area contributed by atoms with Crippen LogP contribution in [0.2, 0.25) is 0 Å². The van der Waals surface area contributed by atoms with Crippen molar-refractivity contribution in [2.24, 2.45) is 0 Å². The van der Waals surface area contributed by atoms with Crippen molar-refractivity contribution in [3.8, 4) is 0 Å². The Bertz CT molecular complexity index is 933. The van der Waals surface area contributed by atoms with Gasteiger partial charge in [-0.3, -0.25) is 4.79 Å². The van der Waals surface area contributed by atoms with Crippen molar-refractivity contribution < 1.29 is 4.79 Å². The Hall–Kier alpha value is -2.60. The molecule has 0 bridgehead atoms. The molecule has 0 saturated carbocycles. The number of aromatic nitrogens is 3. The molecular weight excluding hydrogens is 344 g/mol. The van der Waals surface area contributed by atoms with Gasteiger partial charge in [0.15, 0.2) is 0 Å². The summed E-state index contributed by atoms with van der Waals surface area (Å²) in [6.45, 7) is 8.18. The Kier molecular flexibility index (Phi) is 5.42. The average Bonchev–Trinajstić information content (AvgIpc) is 3.06. The number of carbonyl (C=O) groups excluding carboxylic acids is 1. The zero-order valence-corrected chi connectivity index (χ0v) is 16.2. The van der Waals surface area contributed by atoms with Gasteiger partial charge in [-0.2, -0.15) is 5.10 Å². The van der Waals surface area contributed by atoms with Crippen LogP contribution in [0.4, 0.5) is 5.82 Å². The van der Waals surface area contributed by atoms with Gasteiger partial charge in [-0.25, -0.2) is 9.67 Å². The summed E-state index contributed by atoms with van der Waals surface area (Å²) in [7, 11) is 0. The number of rotatable bonds is 5. The van der Waals surface area contributed by atoms with Crippen molar-refractivity contribution in [3.63, 3.8) is 0 Å². The second-order valence-corrected chi connectivity index (χ2v) is 7.47. The highest BCUT2D eigenvalue weighted by Crippen LogP contribution is 2.31. The minimum Gasteiger partial charge on any atom is -0.307 e. The summed E-state index contributed by atoms with van der Waals surface area (Å²) >= 11 is 1.51. The minimum absolute atomic E-state index is 0.165. The number of nitrogens with one attached hydrogen (secondary N) is 1. The van der Waals surface area contributed by atoms with Crippen LogP contribution < -0.4 is 5.32 Å². The smallest absolute Gasteiger partial charge is 0.259 e. The van der Waals surface area contributed by atoms with Gasteiger partial charge in [-0.05, 0) is 51.5 Å². The summed E-state index contributed by atoms with van der Waals surface area (Å²) in [5, 5.41) is 7.89. The molecule has 0 aliphatic heterocycles. The number of aryl methyl sites for hydroxylation is 2. The first kappa shape index (κ1) is 18.2. The zero-order chi connectivity index (χ0) is 18.7. The summed E-state index contributed by atoms with van der Waals surface area (Å²) in [5.41, 5.74) is 2.94. The van der Waals surface area contributed by atoms with Crippen LogP contribution >= 0.6 is 11.8 Å². The van der Waals surface area contributed by atoms with Gasteiger partial charge in [0, 0.05) is 23.2 Å². The molecule has 0 unspecified atom stereocenters. The monoisotopic (exact) mass is 366 g/mol. The van der Waals surface area contributed by atoms with E-state index in [-0.39, 0.29) is 11.9 Å². The van der Waals surface area contributed by atoms with Gasteiger partial charge >= 0.3 is 0 Å². The van der Waals surface area contributed by atoms with E-state index in [1.54, 1.807) is 35.3 Å². The molecule has 2 aromatic heterocycles. The van der Waals surface area contributed by atoms with Crippen molar-refractivity contribution in [1.82, 2.24) is 14.8 Å². The van der Waals surface area contributed by atoms with E-state index in [9.17, 15) is 4.79 Å². The van der Waals surface area contributed by atoms with Crippen molar-refractivity contribution in [2.75, 3.05) is 5.32 Å². The predicted octanol–water partition coefficient (Wildman–Crippen LogP) is 4.88. The van der Waals surface area contributed by atoms with Gasteiger partial charge in [-0.1, -0.05) is 29.5 Å². The summed E-state index contributed by atoms with van der Waals surface area (Å²) < 4.78 is 1.78. The van der Waals surface area contributed by atoms with E-state index in [1.165, 1.54) is 22.9 Å². The number of amides is 1. The van der Waals surface area contributed by atoms with E-state index in [2.05, 4.69) is 47.4 Å². The van der Waals surface area contributed by atoms with Crippen LogP contribution in [-0.4, -0.2) is 20.7 Å². The van der Waals surface area contributed by atoms with Crippen LogP contribution in [0.3, 0.4) is 0 Å². The van der Waals surface area contributed by atoms with Crippen LogP contribution in [-0.2, 0) is 0 Å². The second-order valence-electron chi connectivity index (χ2n) is 6.44. The molecule has 2 heterocycles. The Morgan fingerprint density at radius 1 is 1.15 bits per heavy atom. The Morgan fingerprint density at radius 2 is 1.96 bits per heavy atom. The molecule has 0 fully saturated rings. The van der Waals surface area contributed by atoms with Gasteiger partial charge in [0.05, 0.1) is 11.8 Å². The van der Waals surface area contributed by atoms with E-state index < -0.39 is 0 Å². The van der Waals surface area contributed by atoms with E-state index in [0.717, 1.165) is 4.90 Å². The van der Waals surface area contributed by atoms with Crippen LogP contribution in [0.15, 0.2) is 58.7 Å². The molecular formula is C20H22N4OS. The normalized spacial score (nSPS) is 11.0. The van der Waals surface area contributed by atoms with Crippen molar-refractivity contribution in [3.05, 3.63) is 65.5 Å². The molecule has 0 aliphatic rings. The Labute approximate surface area is 157 Å². The van der Waals surface area contributed by atoms with Crippen LogP contribution in [0.1, 0.15) is 41.4 Å². The maximum atomic E-state index is 12.8. The molecule has 1 N–H and O–H groups in total. The minimum atomic E-state index is -0.187. The zero-order valence-electron chi connectivity index (χ0n) is 15.4. The van der Waals surface area contributed by atoms with Crippen molar-refractivity contribution in [1.29, 1.82) is 0 Å². The molecule has 3 rings (SSSR count). The van der Waals surface area contributed by atoms with Crippen LogP contribution in [0, 0.1) is 13.8 Å². The molecule has 1 aromatic carbocycles. The molecule has 26 heavy (non-hydrogen) atoms. The highest BCUT2D eigenvalue weighted by molar-refractivity contribution is 7.99. The highest BCUT2D eigenvalue weighted by Gasteiger charge is 2.16. The molecule has 6 heteroatoms. The molecule has 5 nitrogen and oxygen atoms in total. The van der Waals surface area contributed by atoms with E-state index in [4.69, 9.17) is 0 Å². The third-order valence-electron chi connectivity index (χ3n) is 3.95. The number of anilines is 1. The predicted molar refractivity (Wildman–Crippen MR) is 105 cm³/mol. The molecule has 3 aromatic rings.